The van der Waals surface area contributed by atoms with E-state index in [1.54, 1.807) is 12.3 Å². The average molecular weight is 225 g/mol. The molecule has 1 aromatic heterocycles. The van der Waals surface area contributed by atoms with E-state index in [-0.39, 0.29) is 10.8 Å². The predicted molar refractivity (Wildman–Crippen MR) is 57.5 cm³/mol. The Morgan fingerprint density at radius 1 is 1.47 bits per heavy atom. The fourth-order valence-corrected chi connectivity index (χ4v) is 1.61. The van der Waals surface area contributed by atoms with Crippen molar-refractivity contribution in [1.82, 2.24) is 9.55 Å². The quantitative estimate of drug-likeness (QED) is 0.767. The molecule has 4 heteroatoms. The fourth-order valence-electron chi connectivity index (χ4n) is 1.42. The molecule has 1 aromatic carbocycles. The van der Waals surface area contributed by atoms with E-state index in [0.717, 1.165) is 11.4 Å². The van der Waals surface area contributed by atoms with Crippen LogP contribution >= 0.6 is 11.6 Å². The largest absolute Gasteiger partial charge is 0.331 e. The summed E-state index contributed by atoms with van der Waals surface area (Å²) in [4.78, 5) is 4.09. The topological polar surface area (TPSA) is 17.8 Å². The Kier molecular flexibility index (Phi) is 2.73. The van der Waals surface area contributed by atoms with Crippen molar-refractivity contribution in [1.29, 1.82) is 0 Å². The summed E-state index contributed by atoms with van der Waals surface area (Å²) in [5, 5.41) is 0.186. The Morgan fingerprint density at radius 2 is 2.27 bits per heavy atom. The average Bonchev–Trinajstić information content (AvgIpc) is 2.60. The third kappa shape index (κ3) is 2.02. The maximum atomic E-state index is 13.2. The van der Waals surface area contributed by atoms with Gasteiger partial charge in [0.2, 0.25) is 0 Å². The molecule has 0 radical (unpaired) electrons. The molecular weight excluding hydrogens is 215 g/mol. The van der Waals surface area contributed by atoms with E-state index in [2.05, 4.69) is 4.98 Å². The van der Waals surface area contributed by atoms with Crippen LogP contribution in [0.2, 0.25) is 5.02 Å². The van der Waals surface area contributed by atoms with Gasteiger partial charge >= 0.3 is 0 Å². The molecule has 0 N–H and O–H groups in total. The molecule has 0 atom stereocenters. The smallest absolute Gasteiger partial charge is 0.142 e. The van der Waals surface area contributed by atoms with Gasteiger partial charge < -0.3 is 4.57 Å². The summed E-state index contributed by atoms with van der Waals surface area (Å²) < 4.78 is 15.1. The van der Waals surface area contributed by atoms with Gasteiger partial charge in [-0.1, -0.05) is 23.7 Å². The molecule has 0 bridgehead atoms. The Labute approximate surface area is 92.3 Å². The number of nitrogens with zero attached hydrogens (tertiary/aromatic N) is 2. The summed E-state index contributed by atoms with van der Waals surface area (Å²) >= 11 is 5.85. The fraction of sp³-hybridized carbons (Fsp3) is 0.182. The van der Waals surface area contributed by atoms with Crippen LogP contribution in [0.1, 0.15) is 11.4 Å². The highest BCUT2D eigenvalue weighted by Gasteiger charge is 2.06. The number of aryl methyl sites for hydroxylation is 1. The highest BCUT2D eigenvalue weighted by atomic mass is 35.5. The van der Waals surface area contributed by atoms with Gasteiger partial charge in [0.25, 0.3) is 0 Å². The summed E-state index contributed by atoms with van der Waals surface area (Å²) in [6.07, 6.45) is 3.55. The molecule has 78 valence electrons. The van der Waals surface area contributed by atoms with Crippen LogP contribution in [-0.2, 0) is 6.54 Å². The Morgan fingerprint density at radius 3 is 2.93 bits per heavy atom. The first-order valence-corrected chi connectivity index (χ1v) is 4.97. The third-order valence-electron chi connectivity index (χ3n) is 2.30. The molecular formula is C11H10ClFN2. The zero-order valence-electron chi connectivity index (χ0n) is 8.24. The first kappa shape index (κ1) is 10.2. The molecule has 0 saturated heterocycles. The van der Waals surface area contributed by atoms with Crippen molar-refractivity contribution in [2.24, 2.45) is 0 Å². The first-order chi connectivity index (χ1) is 7.18. The first-order valence-electron chi connectivity index (χ1n) is 4.59. The molecule has 1 heterocycles. The van der Waals surface area contributed by atoms with E-state index in [4.69, 9.17) is 11.6 Å². The number of hydrogen-bond acceptors (Lipinski definition) is 1. The zero-order valence-corrected chi connectivity index (χ0v) is 9.00. The lowest BCUT2D eigenvalue weighted by Crippen LogP contribution is -2.01. The van der Waals surface area contributed by atoms with Crippen LogP contribution in [0.3, 0.4) is 0 Å². The highest BCUT2D eigenvalue weighted by molar-refractivity contribution is 6.31. The van der Waals surface area contributed by atoms with Crippen LogP contribution in [0, 0.1) is 12.7 Å². The van der Waals surface area contributed by atoms with Crippen molar-refractivity contribution in [3.05, 3.63) is 52.8 Å². The third-order valence-corrected chi connectivity index (χ3v) is 2.72. The van der Waals surface area contributed by atoms with Crippen molar-refractivity contribution < 1.29 is 4.39 Å². The second-order valence-corrected chi connectivity index (χ2v) is 3.69. The van der Waals surface area contributed by atoms with Crippen molar-refractivity contribution in [3.63, 3.8) is 0 Å². The summed E-state index contributed by atoms with van der Waals surface area (Å²) in [5.74, 6) is 0.502. The Balaban J connectivity index is 2.33. The molecule has 2 nitrogen and oxygen atoms in total. The lowest BCUT2D eigenvalue weighted by Gasteiger charge is -2.07. The lowest BCUT2D eigenvalue weighted by atomic mass is 10.2. The second kappa shape index (κ2) is 4.03. The number of aromatic nitrogens is 2. The SMILES string of the molecule is Cc1nccn1Cc1cccc(F)c1Cl. The van der Waals surface area contributed by atoms with Crippen LogP contribution in [0.5, 0.6) is 0 Å². The van der Waals surface area contributed by atoms with Gasteiger partial charge in [0, 0.05) is 12.4 Å². The van der Waals surface area contributed by atoms with Gasteiger partial charge in [-0.05, 0) is 18.6 Å². The second-order valence-electron chi connectivity index (χ2n) is 3.32. The lowest BCUT2D eigenvalue weighted by molar-refractivity contribution is 0.623. The molecule has 2 aromatic rings. The summed E-state index contributed by atoms with van der Waals surface area (Å²) in [7, 11) is 0. The van der Waals surface area contributed by atoms with Gasteiger partial charge in [0.1, 0.15) is 11.6 Å². The number of hydrogen-bond donors (Lipinski definition) is 0. The van der Waals surface area contributed by atoms with E-state index in [1.807, 2.05) is 23.8 Å². The van der Waals surface area contributed by atoms with Crippen molar-refractivity contribution in [3.8, 4) is 0 Å². The number of halogens is 2. The molecule has 0 spiro atoms. The van der Waals surface area contributed by atoms with E-state index in [1.165, 1.54) is 6.07 Å². The monoisotopic (exact) mass is 224 g/mol. The molecule has 0 aliphatic heterocycles. The van der Waals surface area contributed by atoms with Gasteiger partial charge in [-0.25, -0.2) is 9.37 Å². The molecule has 0 saturated carbocycles. The minimum Gasteiger partial charge on any atom is -0.331 e. The van der Waals surface area contributed by atoms with Crippen molar-refractivity contribution in [2.45, 2.75) is 13.5 Å². The molecule has 15 heavy (non-hydrogen) atoms. The Hall–Kier alpha value is -1.35. The van der Waals surface area contributed by atoms with Gasteiger partial charge in [0.05, 0.1) is 11.6 Å². The van der Waals surface area contributed by atoms with E-state index in [9.17, 15) is 4.39 Å². The van der Waals surface area contributed by atoms with E-state index >= 15 is 0 Å². The van der Waals surface area contributed by atoms with Gasteiger partial charge in [-0.3, -0.25) is 0 Å². The standard InChI is InChI=1S/C11H10ClFN2/c1-8-14-5-6-15(8)7-9-3-2-4-10(13)11(9)12/h2-6H,7H2,1H3. The molecule has 0 aliphatic carbocycles. The minimum atomic E-state index is -0.382. The predicted octanol–water partition coefficient (Wildman–Crippen LogP) is 3.03. The number of benzene rings is 1. The van der Waals surface area contributed by atoms with E-state index in [0.29, 0.717) is 6.54 Å². The van der Waals surface area contributed by atoms with Crippen LogP contribution < -0.4 is 0 Å². The zero-order chi connectivity index (χ0) is 10.8. The normalized spacial score (nSPS) is 10.6. The maximum absolute atomic E-state index is 13.2. The van der Waals surface area contributed by atoms with Gasteiger partial charge in [-0.2, -0.15) is 0 Å². The van der Waals surface area contributed by atoms with Crippen LogP contribution in [0.4, 0.5) is 4.39 Å². The minimum absolute atomic E-state index is 0.186. The van der Waals surface area contributed by atoms with E-state index < -0.39 is 0 Å². The van der Waals surface area contributed by atoms with Gasteiger partial charge in [-0.15, -0.1) is 0 Å². The van der Waals surface area contributed by atoms with Crippen molar-refractivity contribution >= 4 is 11.6 Å². The number of imidazole rings is 1. The highest BCUT2D eigenvalue weighted by Crippen LogP contribution is 2.20. The molecule has 0 amide bonds. The van der Waals surface area contributed by atoms with Crippen LogP contribution in [0.25, 0.3) is 0 Å². The molecule has 0 unspecified atom stereocenters. The molecule has 0 fully saturated rings. The summed E-state index contributed by atoms with van der Waals surface area (Å²) in [5.41, 5.74) is 0.762. The molecule has 0 aliphatic rings. The summed E-state index contributed by atoms with van der Waals surface area (Å²) in [6, 6.07) is 4.82. The summed E-state index contributed by atoms with van der Waals surface area (Å²) in [6.45, 7) is 2.44. The number of rotatable bonds is 2. The van der Waals surface area contributed by atoms with Crippen LogP contribution in [-0.4, -0.2) is 9.55 Å². The Bertz CT molecular complexity index is 479. The van der Waals surface area contributed by atoms with Crippen LogP contribution in [0.15, 0.2) is 30.6 Å². The van der Waals surface area contributed by atoms with Crippen molar-refractivity contribution in [2.75, 3.05) is 0 Å². The molecule has 2 rings (SSSR count). The maximum Gasteiger partial charge on any atom is 0.142 e. The van der Waals surface area contributed by atoms with Gasteiger partial charge in [0.15, 0.2) is 0 Å².